The summed E-state index contributed by atoms with van der Waals surface area (Å²) in [5.41, 5.74) is 0. The zero-order chi connectivity index (χ0) is 50.7. The predicted molar refractivity (Wildman–Crippen MR) is 103 cm³/mol. The van der Waals surface area contributed by atoms with Gasteiger partial charge >= 0.3 is 111 Å². The monoisotopic (exact) mass is 1030 g/mol. The van der Waals surface area contributed by atoms with Crippen LogP contribution in [0.5, 0.6) is 0 Å². The highest BCUT2D eigenvalue weighted by Gasteiger charge is 2.94. The van der Waals surface area contributed by atoms with E-state index in [0.29, 0.717) is 9.47 Å². The molecular formula is C18HF37O5S. The lowest BCUT2D eigenvalue weighted by Gasteiger charge is -2.41. The highest BCUT2D eigenvalue weighted by molar-refractivity contribution is 7.87. The van der Waals surface area contributed by atoms with Crippen LogP contribution in [0.1, 0.15) is 0 Å². The normalized spacial score (nSPS) is 17.5. The van der Waals surface area contributed by atoms with E-state index in [0.717, 1.165) is 0 Å². The maximum Gasteiger partial charge on any atom is 0.460 e. The molecule has 1 atom stereocenters. The van der Waals surface area contributed by atoms with Crippen molar-refractivity contribution in [2.75, 3.05) is 0 Å². The molecule has 0 aromatic heterocycles. The highest BCUT2D eigenvalue weighted by Crippen LogP contribution is 2.64. The Bertz CT molecular complexity index is 1690. The van der Waals surface area contributed by atoms with Crippen molar-refractivity contribution in [3.05, 3.63) is 0 Å². The highest BCUT2D eigenvalue weighted by atomic mass is 32.2. The molecule has 0 amide bonds. The van der Waals surface area contributed by atoms with E-state index < -0.39 is 118 Å². The first kappa shape index (κ1) is 58.2. The zero-order valence-electron chi connectivity index (χ0n) is 25.5. The number of hydrogen-bond donors (Lipinski definition) is 0. The number of ether oxygens (including phenoxy) is 2. The quantitative estimate of drug-likeness (QED) is 0.0953. The van der Waals surface area contributed by atoms with Gasteiger partial charge in [-0.15, -0.1) is 0 Å². The van der Waals surface area contributed by atoms with E-state index >= 15 is 0 Å². The summed E-state index contributed by atoms with van der Waals surface area (Å²) in [4.78, 5) is 0. The van der Waals surface area contributed by atoms with Gasteiger partial charge in [0.15, 0.2) is 0 Å². The maximum absolute atomic E-state index is 13.8. The molecule has 0 saturated carbocycles. The Labute approximate surface area is 303 Å². The van der Waals surface area contributed by atoms with Crippen molar-refractivity contribution in [3.8, 4) is 0 Å². The standard InChI is InChI=1S/C18HF37O5S/c19-1(58-61(56,57)18(54,55)11(38,39)8(32,33)13(43,44)45)2(20,21)3(22,23)4(24,25)9(34,35)14(46,47)59-16(50,51)17(52,53)60-15(48,49)10(36,37)6(28,29)5(26,27)7(30,31)12(40,41)42/h1H. The van der Waals surface area contributed by atoms with Crippen LogP contribution in [0.25, 0.3) is 0 Å². The third-order valence-corrected chi connectivity index (χ3v) is 7.56. The van der Waals surface area contributed by atoms with Crippen LogP contribution in [0.2, 0.25) is 0 Å². The fourth-order valence-corrected chi connectivity index (χ4v) is 3.71. The predicted octanol–water partition coefficient (Wildman–Crippen LogP) is 11.1. The van der Waals surface area contributed by atoms with Crippen LogP contribution < -0.4 is 0 Å². The van der Waals surface area contributed by atoms with Gasteiger partial charge in [-0.25, -0.2) is 18.0 Å². The van der Waals surface area contributed by atoms with Crippen LogP contribution in [0.4, 0.5) is 162 Å². The molecule has 0 N–H and O–H groups in total. The van der Waals surface area contributed by atoms with Gasteiger partial charge in [-0.2, -0.15) is 166 Å². The largest absolute Gasteiger partial charge is 0.460 e. The van der Waals surface area contributed by atoms with Crippen molar-refractivity contribution >= 4 is 10.1 Å². The first-order valence-electron chi connectivity index (χ1n) is 12.3. The van der Waals surface area contributed by atoms with Crippen molar-refractivity contribution < 1.29 is 185 Å². The second-order valence-corrected chi connectivity index (χ2v) is 12.1. The molecule has 5 nitrogen and oxygen atoms in total. The van der Waals surface area contributed by atoms with E-state index in [-0.39, 0.29) is 0 Å². The molecule has 1 unspecified atom stereocenters. The fraction of sp³-hybridized carbons (Fsp3) is 1.00. The van der Waals surface area contributed by atoms with Gasteiger partial charge in [-0.3, -0.25) is 0 Å². The number of rotatable bonds is 19. The van der Waals surface area contributed by atoms with Gasteiger partial charge < -0.3 is 0 Å². The van der Waals surface area contributed by atoms with Crippen LogP contribution in [0.3, 0.4) is 0 Å². The summed E-state index contributed by atoms with van der Waals surface area (Å²) in [6.07, 6.45) is -59.9. The number of hydrogen-bond acceptors (Lipinski definition) is 5. The Kier molecular flexibility index (Phi) is 14.0. The summed E-state index contributed by atoms with van der Waals surface area (Å²) < 4.78 is 513. The van der Waals surface area contributed by atoms with Gasteiger partial charge in [0.2, 0.25) is 0 Å². The van der Waals surface area contributed by atoms with Crippen molar-refractivity contribution in [2.45, 2.75) is 108 Å². The van der Waals surface area contributed by atoms with Crippen molar-refractivity contribution in [3.63, 3.8) is 0 Å². The van der Waals surface area contributed by atoms with E-state index in [1.807, 2.05) is 0 Å². The van der Waals surface area contributed by atoms with Gasteiger partial charge in [0.1, 0.15) is 0 Å². The summed E-state index contributed by atoms with van der Waals surface area (Å²) in [7, 11) is -9.35. The molecule has 0 aliphatic carbocycles. The maximum atomic E-state index is 13.8. The third-order valence-electron chi connectivity index (χ3n) is 6.26. The minimum absolute atomic E-state index is 0.643. The molecule has 0 heterocycles. The molecule has 0 fully saturated rings. The van der Waals surface area contributed by atoms with Gasteiger partial charge in [-0.05, 0) is 0 Å². The van der Waals surface area contributed by atoms with Gasteiger partial charge in [-0.1, -0.05) is 0 Å². The van der Waals surface area contributed by atoms with Crippen LogP contribution in [0.15, 0.2) is 0 Å². The molecule has 368 valence electrons. The lowest BCUT2D eigenvalue weighted by molar-refractivity contribution is -0.560. The van der Waals surface area contributed by atoms with Gasteiger partial charge in [0.05, 0.1) is 0 Å². The Balaban J connectivity index is 7.09. The van der Waals surface area contributed by atoms with Gasteiger partial charge in [0.25, 0.3) is 6.36 Å². The molecule has 0 bridgehead atoms. The topological polar surface area (TPSA) is 61.8 Å². The first-order chi connectivity index (χ1) is 25.5. The average Bonchev–Trinajstić information content (AvgIpc) is 2.97. The molecule has 61 heavy (non-hydrogen) atoms. The smallest absolute Gasteiger partial charge is 0.243 e. The lowest BCUT2D eigenvalue weighted by Crippen LogP contribution is -2.72. The SMILES string of the molecule is O=S(=O)(OC(F)C(F)(F)C(F)(F)C(F)(F)C(F)(F)C(F)(F)OC(F)(F)C(F)(F)OC(F)(F)C(F)(F)C(F)(F)C(F)(F)C(F)(F)C(F)(F)F)C(F)(F)C(F)(F)C(F)(F)C(F)(F)F. The van der Waals surface area contributed by atoms with E-state index in [4.69, 9.17) is 0 Å². The van der Waals surface area contributed by atoms with E-state index in [1.54, 1.807) is 0 Å². The molecule has 0 aliphatic rings. The number of halogens is 37. The summed E-state index contributed by atoms with van der Waals surface area (Å²) in [5, 5.41) is -8.66. The Hall–Kier alpha value is -2.76. The van der Waals surface area contributed by atoms with Crippen LogP contribution in [-0.4, -0.2) is 116 Å². The first-order valence-corrected chi connectivity index (χ1v) is 13.7. The molecule has 0 rings (SSSR count). The molecule has 0 saturated heterocycles. The average molecular weight is 1030 g/mol. The van der Waals surface area contributed by atoms with Crippen LogP contribution in [-0.2, 0) is 23.8 Å². The molecule has 43 heteroatoms. The summed E-state index contributed by atoms with van der Waals surface area (Å²) in [5.74, 6) is -91.2. The van der Waals surface area contributed by atoms with Crippen molar-refractivity contribution in [2.24, 2.45) is 0 Å². The van der Waals surface area contributed by atoms with Crippen LogP contribution in [0, 0.1) is 0 Å². The summed E-state index contributed by atoms with van der Waals surface area (Å²) in [6, 6.07) is 0. The minimum Gasteiger partial charge on any atom is -0.243 e. The second-order valence-electron chi connectivity index (χ2n) is 10.4. The molecule has 0 spiro atoms. The van der Waals surface area contributed by atoms with Crippen molar-refractivity contribution in [1.29, 1.82) is 0 Å². The summed E-state index contributed by atoms with van der Waals surface area (Å²) in [6.45, 7) is 0. The Morgan fingerprint density at radius 3 is 0.787 bits per heavy atom. The molecule has 0 aromatic carbocycles. The van der Waals surface area contributed by atoms with E-state index in [1.165, 1.54) is 4.18 Å². The van der Waals surface area contributed by atoms with Crippen molar-refractivity contribution in [1.82, 2.24) is 0 Å². The third kappa shape index (κ3) is 8.17. The van der Waals surface area contributed by atoms with Gasteiger partial charge in [0, 0.05) is 0 Å². The van der Waals surface area contributed by atoms with E-state index in [9.17, 15) is 171 Å². The zero-order valence-corrected chi connectivity index (χ0v) is 26.3. The van der Waals surface area contributed by atoms with E-state index in [2.05, 4.69) is 0 Å². The fourth-order valence-electron chi connectivity index (χ4n) is 2.81. The van der Waals surface area contributed by atoms with Crippen LogP contribution >= 0.6 is 0 Å². The Morgan fingerprint density at radius 1 is 0.295 bits per heavy atom. The second kappa shape index (κ2) is 14.6. The molecule has 0 radical (unpaired) electrons. The number of alkyl halides is 37. The minimum atomic E-state index is -9.61. The molecule has 0 aliphatic heterocycles. The Morgan fingerprint density at radius 2 is 0.525 bits per heavy atom. The molecular weight excluding hydrogens is 1030 g/mol. The molecule has 0 aromatic rings. The lowest BCUT2D eigenvalue weighted by atomic mass is 9.97. The summed E-state index contributed by atoms with van der Waals surface area (Å²) >= 11 is 0.